The first-order valence-corrected chi connectivity index (χ1v) is 8.23. The smallest absolute Gasteiger partial charge is 0.188 e. The van der Waals surface area contributed by atoms with E-state index in [0.29, 0.717) is 12.1 Å². The lowest BCUT2D eigenvalue weighted by molar-refractivity contribution is 0.202. The number of anilines is 2. The minimum Gasteiger partial charge on any atom is -0.315 e. The second-order valence-corrected chi connectivity index (χ2v) is 6.92. The fourth-order valence-corrected chi connectivity index (χ4v) is 3.57. The first kappa shape index (κ1) is 14.4. The molecular formula is C15H21N5S. The van der Waals surface area contributed by atoms with Crippen molar-refractivity contribution >= 4 is 22.3 Å². The van der Waals surface area contributed by atoms with E-state index in [1.165, 1.54) is 11.3 Å². The topological polar surface area (TPSA) is 53.9 Å². The number of likely N-dealkylation sites (tertiary alicyclic amines) is 1. The van der Waals surface area contributed by atoms with Crippen LogP contribution in [-0.2, 0) is 0 Å². The molecule has 1 aliphatic rings. The summed E-state index contributed by atoms with van der Waals surface area (Å²) in [4.78, 5) is 17.1. The standard InChI is InChI=1S/C15H21N5S/c1-10(2)20-8-4-5-12(20)13-14(17-7-6-16-13)19-15-18-9-11(3)21-15/h6-7,9-10,12H,4-5,8H2,1-3H3,(H,17,18,19). The number of aryl methyl sites for hydroxylation is 1. The first-order chi connectivity index (χ1) is 10.1. The molecule has 0 bridgehead atoms. The molecule has 0 radical (unpaired) electrons. The van der Waals surface area contributed by atoms with Crippen LogP contribution in [0.1, 0.15) is 43.3 Å². The minimum absolute atomic E-state index is 0.349. The van der Waals surface area contributed by atoms with Gasteiger partial charge in [-0.3, -0.25) is 9.88 Å². The molecule has 1 atom stereocenters. The summed E-state index contributed by atoms with van der Waals surface area (Å²) in [5.74, 6) is 0.837. The quantitative estimate of drug-likeness (QED) is 0.936. The maximum absolute atomic E-state index is 4.61. The van der Waals surface area contributed by atoms with E-state index < -0.39 is 0 Å². The van der Waals surface area contributed by atoms with Crippen molar-refractivity contribution in [2.45, 2.75) is 45.7 Å². The van der Waals surface area contributed by atoms with E-state index >= 15 is 0 Å². The van der Waals surface area contributed by atoms with Gasteiger partial charge in [-0.05, 0) is 40.2 Å². The molecular weight excluding hydrogens is 282 g/mol. The highest BCUT2D eigenvalue weighted by molar-refractivity contribution is 7.15. The zero-order chi connectivity index (χ0) is 14.8. The second-order valence-electron chi connectivity index (χ2n) is 5.68. The van der Waals surface area contributed by atoms with Gasteiger partial charge in [-0.1, -0.05) is 0 Å². The Hall–Kier alpha value is -1.53. The van der Waals surface area contributed by atoms with E-state index in [-0.39, 0.29) is 0 Å². The molecule has 0 aliphatic carbocycles. The molecule has 1 saturated heterocycles. The van der Waals surface area contributed by atoms with Crippen molar-refractivity contribution in [2.24, 2.45) is 0 Å². The van der Waals surface area contributed by atoms with Crippen molar-refractivity contribution < 1.29 is 0 Å². The third-order valence-electron chi connectivity index (χ3n) is 3.85. The molecule has 0 amide bonds. The van der Waals surface area contributed by atoms with Crippen LogP contribution in [0.15, 0.2) is 18.6 Å². The molecule has 0 saturated carbocycles. The predicted molar refractivity (Wildman–Crippen MR) is 86.0 cm³/mol. The van der Waals surface area contributed by atoms with E-state index in [0.717, 1.165) is 29.6 Å². The second kappa shape index (κ2) is 6.07. The van der Waals surface area contributed by atoms with Crippen molar-refractivity contribution in [3.63, 3.8) is 0 Å². The van der Waals surface area contributed by atoms with E-state index in [9.17, 15) is 0 Å². The molecule has 1 fully saturated rings. The van der Waals surface area contributed by atoms with Crippen LogP contribution < -0.4 is 5.32 Å². The Morgan fingerprint density at radius 3 is 2.81 bits per heavy atom. The fourth-order valence-electron chi connectivity index (χ4n) is 2.90. The maximum atomic E-state index is 4.61. The molecule has 5 nitrogen and oxygen atoms in total. The van der Waals surface area contributed by atoms with Crippen LogP contribution in [0.25, 0.3) is 0 Å². The third kappa shape index (κ3) is 3.06. The zero-order valence-corrected chi connectivity index (χ0v) is 13.5. The summed E-state index contributed by atoms with van der Waals surface area (Å²) >= 11 is 1.64. The van der Waals surface area contributed by atoms with Gasteiger partial charge in [0, 0.05) is 29.5 Å². The van der Waals surface area contributed by atoms with Gasteiger partial charge in [0.05, 0.1) is 6.04 Å². The average molecular weight is 303 g/mol. The molecule has 1 unspecified atom stereocenters. The highest BCUT2D eigenvalue weighted by atomic mass is 32.1. The maximum Gasteiger partial charge on any atom is 0.188 e. The fraction of sp³-hybridized carbons (Fsp3) is 0.533. The lowest BCUT2D eigenvalue weighted by Crippen LogP contribution is -2.31. The lowest BCUT2D eigenvalue weighted by atomic mass is 10.1. The van der Waals surface area contributed by atoms with Gasteiger partial charge in [0.1, 0.15) is 5.69 Å². The van der Waals surface area contributed by atoms with Crippen molar-refractivity contribution in [3.8, 4) is 0 Å². The number of hydrogen-bond donors (Lipinski definition) is 1. The monoisotopic (exact) mass is 303 g/mol. The molecule has 6 heteroatoms. The van der Waals surface area contributed by atoms with Gasteiger partial charge in [-0.15, -0.1) is 11.3 Å². The van der Waals surface area contributed by atoms with Gasteiger partial charge in [0.2, 0.25) is 0 Å². The summed E-state index contributed by atoms with van der Waals surface area (Å²) in [6, 6.07) is 0.872. The average Bonchev–Trinajstić information content (AvgIpc) is 3.08. The summed E-state index contributed by atoms with van der Waals surface area (Å²) in [5.41, 5.74) is 1.04. The summed E-state index contributed by atoms with van der Waals surface area (Å²) < 4.78 is 0. The molecule has 2 aromatic heterocycles. The Morgan fingerprint density at radius 2 is 2.10 bits per heavy atom. The molecule has 3 rings (SSSR count). The lowest BCUT2D eigenvalue weighted by Gasteiger charge is -2.28. The van der Waals surface area contributed by atoms with E-state index in [1.807, 2.05) is 6.20 Å². The van der Waals surface area contributed by atoms with E-state index in [4.69, 9.17) is 0 Å². The summed E-state index contributed by atoms with van der Waals surface area (Å²) in [7, 11) is 0. The third-order valence-corrected chi connectivity index (χ3v) is 4.67. The largest absolute Gasteiger partial charge is 0.315 e. The number of nitrogens with zero attached hydrogens (tertiary/aromatic N) is 4. The molecule has 3 heterocycles. The number of hydrogen-bond acceptors (Lipinski definition) is 6. The number of rotatable bonds is 4. The van der Waals surface area contributed by atoms with Gasteiger partial charge in [-0.2, -0.15) is 0 Å². The van der Waals surface area contributed by atoms with Crippen molar-refractivity contribution in [1.29, 1.82) is 0 Å². The number of thiazole rings is 1. The molecule has 112 valence electrons. The Morgan fingerprint density at radius 1 is 1.29 bits per heavy atom. The van der Waals surface area contributed by atoms with Gasteiger partial charge in [0.15, 0.2) is 10.9 Å². The van der Waals surface area contributed by atoms with Crippen LogP contribution >= 0.6 is 11.3 Å². The van der Waals surface area contributed by atoms with Gasteiger partial charge < -0.3 is 5.32 Å². The molecule has 0 spiro atoms. The summed E-state index contributed by atoms with van der Waals surface area (Å²) in [6.07, 6.45) is 7.75. The Labute approximate surface area is 129 Å². The normalized spacial score (nSPS) is 19.3. The minimum atomic E-state index is 0.349. The molecule has 1 N–H and O–H groups in total. The Bertz CT molecular complexity index is 610. The van der Waals surface area contributed by atoms with Crippen LogP contribution in [-0.4, -0.2) is 32.4 Å². The first-order valence-electron chi connectivity index (χ1n) is 7.41. The van der Waals surface area contributed by atoms with Crippen LogP contribution in [0.4, 0.5) is 10.9 Å². The van der Waals surface area contributed by atoms with Crippen molar-refractivity contribution in [2.75, 3.05) is 11.9 Å². The van der Waals surface area contributed by atoms with Gasteiger partial charge in [-0.25, -0.2) is 9.97 Å². The van der Waals surface area contributed by atoms with Crippen molar-refractivity contribution in [1.82, 2.24) is 19.9 Å². The highest BCUT2D eigenvalue weighted by Gasteiger charge is 2.31. The Kier molecular flexibility index (Phi) is 4.17. The molecule has 0 aromatic carbocycles. The summed E-state index contributed by atoms with van der Waals surface area (Å²) in [6.45, 7) is 7.67. The summed E-state index contributed by atoms with van der Waals surface area (Å²) in [5, 5.41) is 4.21. The van der Waals surface area contributed by atoms with Crippen LogP contribution in [0.3, 0.4) is 0 Å². The van der Waals surface area contributed by atoms with Gasteiger partial charge >= 0.3 is 0 Å². The Balaban J connectivity index is 1.88. The van der Waals surface area contributed by atoms with Crippen LogP contribution in [0.5, 0.6) is 0 Å². The molecule has 21 heavy (non-hydrogen) atoms. The van der Waals surface area contributed by atoms with Crippen LogP contribution in [0, 0.1) is 6.92 Å². The van der Waals surface area contributed by atoms with E-state index in [2.05, 4.69) is 45.9 Å². The zero-order valence-electron chi connectivity index (χ0n) is 12.7. The number of nitrogens with one attached hydrogen (secondary N) is 1. The number of aromatic nitrogens is 3. The SMILES string of the molecule is Cc1cnc(Nc2nccnc2C2CCCN2C(C)C)s1. The van der Waals surface area contributed by atoms with Crippen molar-refractivity contribution in [3.05, 3.63) is 29.2 Å². The molecule has 1 aliphatic heterocycles. The van der Waals surface area contributed by atoms with Gasteiger partial charge in [0.25, 0.3) is 0 Å². The highest BCUT2D eigenvalue weighted by Crippen LogP contribution is 2.36. The predicted octanol–water partition coefficient (Wildman–Crippen LogP) is 3.53. The molecule has 2 aromatic rings. The van der Waals surface area contributed by atoms with E-state index in [1.54, 1.807) is 23.7 Å². The van der Waals surface area contributed by atoms with Crippen LogP contribution in [0.2, 0.25) is 0 Å².